The molecule has 0 saturated carbocycles. The molecular weight excluding hydrogens is 167 g/mol. The van der Waals surface area contributed by atoms with Gasteiger partial charge in [0.05, 0.1) is 0 Å². The van der Waals surface area contributed by atoms with Gasteiger partial charge in [-0.2, -0.15) is 10.5 Å². The van der Waals surface area contributed by atoms with E-state index >= 15 is 0 Å². The molecule has 0 atom stereocenters. The van der Waals surface area contributed by atoms with Gasteiger partial charge in [-0.25, -0.2) is 9.98 Å². The molecule has 0 bridgehead atoms. The van der Waals surface area contributed by atoms with Crippen molar-refractivity contribution in [2.24, 2.45) is 9.98 Å². The van der Waals surface area contributed by atoms with Crippen molar-refractivity contribution < 1.29 is 51.4 Å². The molecule has 0 fully saturated rings. The monoisotopic (exact) mass is 171 g/mol. The van der Waals surface area contributed by atoms with Crippen molar-refractivity contribution in [1.29, 1.82) is 10.5 Å². The minimum Gasteiger partial charge on any atom is -0.245 e. The summed E-state index contributed by atoms with van der Waals surface area (Å²) in [6.45, 7) is 1.72. The minimum absolute atomic E-state index is 0. The van der Waals surface area contributed by atoms with Crippen LogP contribution in [0.25, 0.3) is 0 Å². The van der Waals surface area contributed by atoms with E-state index in [0.717, 1.165) is 0 Å². The second-order valence-corrected chi connectivity index (χ2v) is 1.81. The molecule has 11 heavy (non-hydrogen) atoms. The third-order valence-electron chi connectivity index (χ3n) is 1.07. The summed E-state index contributed by atoms with van der Waals surface area (Å²) in [5, 5.41) is 16.7. The van der Waals surface area contributed by atoms with Crippen molar-refractivity contribution in [3.63, 3.8) is 0 Å². The predicted octanol–water partition coefficient (Wildman–Crippen LogP) is -2.72. The molecule has 0 aromatic carbocycles. The Bertz CT molecular complexity index is 261. The van der Waals surface area contributed by atoms with E-state index in [0.29, 0.717) is 0 Å². The average Bonchev–Trinajstić information content (AvgIpc) is 2.30. The van der Waals surface area contributed by atoms with Crippen LogP contribution in [-0.4, -0.2) is 17.6 Å². The zero-order valence-electron chi connectivity index (χ0n) is 6.37. The molecule has 0 N–H and O–H groups in total. The summed E-state index contributed by atoms with van der Waals surface area (Å²) in [7, 11) is 0. The maximum Gasteiger partial charge on any atom is 1.00 e. The molecule has 1 rings (SSSR count). The van der Waals surface area contributed by atoms with Gasteiger partial charge in [0.15, 0.2) is 11.4 Å². The summed E-state index contributed by atoms with van der Waals surface area (Å²) in [5.74, 6) is 0. The Kier molecular flexibility index (Phi) is 4.74. The van der Waals surface area contributed by atoms with Crippen LogP contribution in [0.4, 0.5) is 0 Å². The van der Waals surface area contributed by atoms with E-state index in [1.54, 1.807) is 19.1 Å². The fourth-order valence-corrected chi connectivity index (χ4v) is 0.688. The van der Waals surface area contributed by atoms with Crippen molar-refractivity contribution in [2.75, 3.05) is 0 Å². The van der Waals surface area contributed by atoms with Crippen LogP contribution in [0, 0.1) is 22.7 Å². The van der Waals surface area contributed by atoms with Crippen molar-refractivity contribution in [1.82, 2.24) is 0 Å². The summed E-state index contributed by atoms with van der Waals surface area (Å²) < 4.78 is 0. The van der Waals surface area contributed by atoms with E-state index in [1.807, 2.05) is 0 Å². The summed E-state index contributed by atoms with van der Waals surface area (Å²) in [6, 6.07) is 3.58. The summed E-state index contributed by atoms with van der Waals surface area (Å²) >= 11 is 0. The molecule has 0 amide bonds. The number of hydrogen-bond acceptors (Lipinski definition) is 4. The Morgan fingerprint density at radius 3 is 1.82 bits per heavy atom. The van der Waals surface area contributed by atoms with Gasteiger partial charge >= 0.3 is 51.4 Å². The first kappa shape index (κ1) is 11.0. The smallest absolute Gasteiger partial charge is 0.245 e. The van der Waals surface area contributed by atoms with Gasteiger partial charge < -0.3 is 0 Å². The van der Waals surface area contributed by atoms with Crippen molar-refractivity contribution >= 4 is 11.4 Å². The Hall–Kier alpha value is -0.0436. The second kappa shape index (κ2) is 4.76. The van der Waals surface area contributed by atoms with Gasteiger partial charge in [0, 0.05) is 0 Å². The third kappa shape index (κ3) is 2.48. The number of rotatable bonds is 0. The first-order valence-electron chi connectivity index (χ1n) is 2.74. The first-order valence-corrected chi connectivity index (χ1v) is 2.74. The van der Waals surface area contributed by atoms with Crippen LogP contribution < -0.4 is 51.4 Å². The van der Waals surface area contributed by atoms with Gasteiger partial charge in [0.1, 0.15) is 18.3 Å². The SMILES string of the molecule is CC1N=C(C#N)C(C#N)=N1.[K+]. The zero-order valence-corrected chi connectivity index (χ0v) is 9.49. The maximum atomic E-state index is 8.37. The molecule has 0 radical (unpaired) electrons. The van der Waals surface area contributed by atoms with Gasteiger partial charge in [-0.15, -0.1) is 0 Å². The van der Waals surface area contributed by atoms with E-state index in [9.17, 15) is 0 Å². The fraction of sp³-hybridized carbons (Fsp3) is 0.333. The molecule has 0 spiro atoms. The molecule has 1 heterocycles. The Balaban J connectivity index is 0.000001000. The Labute approximate surface area is 107 Å². The molecule has 0 aromatic rings. The van der Waals surface area contributed by atoms with E-state index < -0.39 is 0 Å². The van der Waals surface area contributed by atoms with Crippen LogP contribution in [-0.2, 0) is 0 Å². The molecule has 0 aromatic heterocycles. The van der Waals surface area contributed by atoms with Gasteiger partial charge in [-0.05, 0) is 6.92 Å². The third-order valence-corrected chi connectivity index (χ3v) is 1.07. The number of aliphatic imine (C=N–C) groups is 2. The second-order valence-electron chi connectivity index (χ2n) is 1.81. The minimum atomic E-state index is -0.260. The van der Waals surface area contributed by atoms with Crippen molar-refractivity contribution in [3.8, 4) is 12.1 Å². The molecule has 1 aliphatic rings. The van der Waals surface area contributed by atoms with Crippen LogP contribution >= 0.6 is 0 Å². The molecule has 0 unspecified atom stereocenters. The van der Waals surface area contributed by atoms with Crippen LogP contribution in [0.5, 0.6) is 0 Å². The van der Waals surface area contributed by atoms with Crippen LogP contribution in [0.2, 0.25) is 0 Å². The number of nitriles is 2. The molecular formula is C6H4KN4+. The number of nitrogens with zero attached hydrogens (tertiary/aromatic N) is 4. The number of hydrogen-bond donors (Lipinski definition) is 0. The first-order chi connectivity index (χ1) is 4.77. The molecule has 4 nitrogen and oxygen atoms in total. The van der Waals surface area contributed by atoms with Gasteiger partial charge in [-0.3, -0.25) is 0 Å². The summed E-state index contributed by atoms with van der Waals surface area (Å²) in [4.78, 5) is 7.58. The van der Waals surface area contributed by atoms with Crippen LogP contribution in [0.1, 0.15) is 6.92 Å². The van der Waals surface area contributed by atoms with Crippen molar-refractivity contribution in [2.45, 2.75) is 13.1 Å². The van der Waals surface area contributed by atoms with Gasteiger partial charge in [-0.1, -0.05) is 0 Å². The zero-order chi connectivity index (χ0) is 7.56. The molecule has 5 heteroatoms. The molecule has 1 aliphatic heterocycles. The van der Waals surface area contributed by atoms with E-state index in [1.165, 1.54) is 0 Å². The standard InChI is InChI=1S/C6H4N4.K/c1-4-9-5(2-7)6(3-8)10-4;/h4H,1H3;/q;+1. The quantitative estimate of drug-likeness (QED) is 0.371. The topological polar surface area (TPSA) is 72.3 Å². The van der Waals surface area contributed by atoms with E-state index in [-0.39, 0.29) is 69.0 Å². The fourth-order valence-electron chi connectivity index (χ4n) is 0.688. The predicted molar refractivity (Wildman–Crippen MR) is 35.6 cm³/mol. The molecule has 0 aliphatic carbocycles. The van der Waals surface area contributed by atoms with Gasteiger partial charge in [0.25, 0.3) is 0 Å². The maximum absolute atomic E-state index is 8.37. The Morgan fingerprint density at radius 2 is 1.55 bits per heavy atom. The summed E-state index contributed by atoms with van der Waals surface area (Å²) in [5.41, 5.74) is 0.296. The van der Waals surface area contributed by atoms with Gasteiger partial charge in [0.2, 0.25) is 0 Å². The van der Waals surface area contributed by atoms with E-state index in [2.05, 4.69) is 9.98 Å². The van der Waals surface area contributed by atoms with E-state index in [4.69, 9.17) is 10.5 Å². The molecule has 0 saturated heterocycles. The largest absolute Gasteiger partial charge is 1.00 e. The van der Waals surface area contributed by atoms with Crippen LogP contribution in [0.15, 0.2) is 9.98 Å². The van der Waals surface area contributed by atoms with Crippen LogP contribution in [0.3, 0.4) is 0 Å². The average molecular weight is 171 g/mol. The molecule has 48 valence electrons. The normalized spacial score (nSPS) is 15.5. The Morgan fingerprint density at radius 1 is 1.18 bits per heavy atom. The van der Waals surface area contributed by atoms with Crippen molar-refractivity contribution in [3.05, 3.63) is 0 Å². The summed E-state index contributed by atoms with van der Waals surface area (Å²) in [6.07, 6.45) is -0.260.